The Morgan fingerprint density at radius 3 is 3.06 bits per heavy atom. The van der Waals surface area contributed by atoms with Crippen molar-refractivity contribution in [2.75, 3.05) is 11.9 Å². The molecular formula is C13H18N2O2. The molecule has 0 aromatic heterocycles. The van der Waals surface area contributed by atoms with Gasteiger partial charge in [-0.1, -0.05) is 18.9 Å². The molecule has 1 atom stereocenters. The van der Waals surface area contributed by atoms with Crippen LogP contribution in [0.4, 0.5) is 5.69 Å². The summed E-state index contributed by atoms with van der Waals surface area (Å²) in [5.74, 6) is 0.147. The molecule has 0 spiro atoms. The summed E-state index contributed by atoms with van der Waals surface area (Å²) >= 11 is 0. The molecule has 17 heavy (non-hydrogen) atoms. The summed E-state index contributed by atoms with van der Waals surface area (Å²) in [7, 11) is 0. The molecule has 0 bridgehead atoms. The first kappa shape index (κ1) is 11.9. The Bertz CT molecular complexity index is 385. The number of amides is 1. The molecule has 1 aromatic rings. The van der Waals surface area contributed by atoms with Crippen LogP contribution in [0.15, 0.2) is 24.3 Å². The van der Waals surface area contributed by atoms with Crippen LogP contribution in [0.1, 0.15) is 25.7 Å². The van der Waals surface area contributed by atoms with Crippen LogP contribution in [0, 0.1) is 0 Å². The Morgan fingerprint density at radius 2 is 2.24 bits per heavy atom. The smallest absolute Gasteiger partial charge is 0.241 e. The van der Waals surface area contributed by atoms with E-state index in [9.17, 15) is 9.90 Å². The lowest BCUT2D eigenvalue weighted by Gasteiger charge is -2.15. The summed E-state index contributed by atoms with van der Waals surface area (Å²) in [6, 6.07) is 6.51. The van der Waals surface area contributed by atoms with Gasteiger partial charge in [0, 0.05) is 11.8 Å². The predicted molar refractivity (Wildman–Crippen MR) is 67.0 cm³/mol. The second-order valence-corrected chi connectivity index (χ2v) is 4.40. The van der Waals surface area contributed by atoms with Crippen molar-refractivity contribution in [1.29, 1.82) is 0 Å². The summed E-state index contributed by atoms with van der Waals surface area (Å²) < 4.78 is 0. The molecule has 1 aliphatic rings. The molecule has 1 amide bonds. The van der Waals surface area contributed by atoms with E-state index in [-0.39, 0.29) is 17.7 Å². The number of anilines is 1. The second-order valence-electron chi connectivity index (χ2n) is 4.40. The van der Waals surface area contributed by atoms with Gasteiger partial charge in [0.2, 0.25) is 5.91 Å². The molecule has 0 saturated carbocycles. The Hall–Kier alpha value is -1.55. The molecule has 0 unspecified atom stereocenters. The monoisotopic (exact) mass is 234 g/mol. The molecule has 4 nitrogen and oxygen atoms in total. The highest BCUT2D eigenvalue weighted by atomic mass is 16.3. The van der Waals surface area contributed by atoms with Crippen molar-refractivity contribution >= 4 is 11.6 Å². The zero-order chi connectivity index (χ0) is 12.1. The van der Waals surface area contributed by atoms with Crippen molar-refractivity contribution in [1.82, 2.24) is 5.32 Å². The number of phenolic OH excluding ortho intramolecular Hbond substituents is 1. The zero-order valence-electron chi connectivity index (χ0n) is 9.78. The van der Waals surface area contributed by atoms with Crippen LogP contribution in [0.5, 0.6) is 5.75 Å². The fourth-order valence-corrected chi connectivity index (χ4v) is 2.07. The van der Waals surface area contributed by atoms with Crippen LogP contribution in [-0.4, -0.2) is 23.6 Å². The Morgan fingerprint density at radius 1 is 1.35 bits per heavy atom. The van der Waals surface area contributed by atoms with Crippen LogP contribution in [0.2, 0.25) is 0 Å². The number of hydrogen-bond donors (Lipinski definition) is 3. The van der Waals surface area contributed by atoms with E-state index in [1.807, 2.05) is 0 Å². The number of hydrogen-bond acceptors (Lipinski definition) is 3. The predicted octanol–water partition coefficient (Wildman–Crippen LogP) is 1.86. The van der Waals surface area contributed by atoms with Gasteiger partial charge in [0.1, 0.15) is 5.75 Å². The van der Waals surface area contributed by atoms with Gasteiger partial charge in [0.05, 0.1) is 6.04 Å². The number of carbonyl (C=O) groups excluding carboxylic acids is 1. The summed E-state index contributed by atoms with van der Waals surface area (Å²) in [6.07, 6.45) is 4.29. The molecule has 4 heteroatoms. The number of rotatable bonds is 2. The van der Waals surface area contributed by atoms with Gasteiger partial charge in [-0.05, 0) is 31.5 Å². The van der Waals surface area contributed by atoms with Crippen LogP contribution in [0.25, 0.3) is 0 Å². The number of nitrogens with one attached hydrogen (secondary N) is 2. The molecule has 3 N–H and O–H groups in total. The molecule has 1 fully saturated rings. The van der Waals surface area contributed by atoms with E-state index < -0.39 is 0 Å². The first-order chi connectivity index (χ1) is 8.25. The van der Waals surface area contributed by atoms with Crippen molar-refractivity contribution in [3.8, 4) is 5.75 Å². The molecule has 1 heterocycles. The highest BCUT2D eigenvalue weighted by Gasteiger charge is 2.19. The first-order valence-corrected chi connectivity index (χ1v) is 6.09. The minimum Gasteiger partial charge on any atom is -0.508 e. The van der Waals surface area contributed by atoms with Crippen molar-refractivity contribution in [3.63, 3.8) is 0 Å². The van der Waals surface area contributed by atoms with Crippen molar-refractivity contribution < 1.29 is 9.90 Å². The van der Waals surface area contributed by atoms with E-state index >= 15 is 0 Å². The lowest BCUT2D eigenvalue weighted by atomic mass is 10.1. The first-order valence-electron chi connectivity index (χ1n) is 6.09. The molecule has 1 aromatic carbocycles. The molecule has 2 rings (SSSR count). The quantitative estimate of drug-likeness (QED) is 0.732. The van der Waals surface area contributed by atoms with Gasteiger partial charge >= 0.3 is 0 Å². The maximum Gasteiger partial charge on any atom is 0.241 e. The van der Waals surface area contributed by atoms with Gasteiger partial charge in [0.15, 0.2) is 0 Å². The molecule has 0 aliphatic carbocycles. The summed E-state index contributed by atoms with van der Waals surface area (Å²) in [4.78, 5) is 12.0. The topological polar surface area (TPSA) is 61.4 Å². The lowest BCUT2D eigenvalue weighted by Crippen LogP contribution is -2.39. The van der Waals surface area contributed by atoms with Crippen molar-refractivity contribution in [2.45, 2.75) is 31.7 Å². The Balaban J connectivity index is 1.95. The summed E-state index contributed by atoms with van der Waals surface area (Å²) in [6.45, 7) is 0.901. The van der Waals surface area contributed by atoms with E-state index in [2.05, 4.69) is 10.6 Å². The van der Waals surface area contributed by atoms with E-state index in [0.29, 0.717) is 5.69 Å². The molecular weight excluding hydrogens is 216 g/mol. The van der Waals surface area contributed by atoms with Gasteiger partial charge in [-0.15, -0.1) is 0 Å². The maximum atomic E-state index is 12.0. The minimum atomic E-state index is -0.111. The summed E-state index contributed by atoms with van der Waals surface area (Å²) in [5, 5.41) is 15.4. The minimum absolute atomic E-state index is 0.0162. The zero-order valence-corrected chi connectivity index (χ0v) is 9.78. The number of benzene rings is 1. The number of carbonyl (C=O) groups is 1. The van der Waals surface area contributed by atoms with Crippen LogP contribution >= 0.6 is 0 Å². The van der Waals surface area contributed by atoms with Gasteiger partial charge in [0.25, 0.3) is 0 Å². The SMILES string of the molecule is O=C(Nc1cccc(O)c1)[C@@H]1CCCCCN1. The van der Waals surface area contributed by atoms with E-state index in [1.54, 1.807) is 24.3 Å². The Labute approximate surface area is 101 Å². The van der Waals surface area contributed by atoms with E-state index in [0.717, 1.165) is 25.8 Å². The third-order valence-electron chi connectivity index (χ3n) is 2.99. The standard InChI is InChI=1S/C13H18N2O2/c16-11-6-4-5-10(9-11)15-13(17)12-7-2-1-3-8-14-12/h4-6,9,12,14,16H,1-3,7-8H2,(H,15,17)/t12-/m0/s1. The maximum absolute atomic E-state index is 12.0. The molecule has 0 radical (unpaired) electrons. The van der Waals surface area contributed by atoms with Gasteiger partial charge in [-0.2, -0.15) is 0 Å². The van der Waals surface area contributed by atoms with Crippen LogP contribution in [-0.2, 0) is 4.79 Å². The molecule has 1 aliphatic heterocycles. The highest BCUT2D eigenvalue weighted by molar-refractivity contribution is 5.94. The molecule has 1 saturated heterocycles. The van der Waals surface area contributed by atoms with Crippen molar-refractivity contribution in [2.24, 2.45) is 0 Å². The third-order valence-corrected chi connectivity index (χ3v) is 2.99. The Kier molecular flexibility index (Phi) is 3.98. The average molecular weight is 234 g/mol. The fraction of sp³-hybridized carbons (Fsp3) is 0.462. The highest BCUT2D eigenvalue weighted by Crippen LogP contribution is 2.16. The van der Waals surface area contributed by atoms with E-state index in [4.69, 9.17) is 0 Å². The number of phenols is 1. The average Bonchev–Trinajstić information content (AvgIpc) is 2.57. The van der Waals surface area contributed by atoms with Gasteiger partial charge in [-0.3, -0.25) is 4.79 Å². The second kappa shape index (κ2) is 5.68. The van der Waals surface area contributed by atoms with Crippen molar-refractivity contribution in [3.05, 3.63) is 24.3 Å². The molecule has 92 valence electrons. The lowest BCUT2D eigenvalue weighted by molar-refractivity contribution is -0.118. The largest absolute Gasteiger partial charge is 0.508 e. The van der Waals surface area contributed by atoms with E-state index in [1.165, 1.54) is 6.42 Å². The third kappa shape index (κ3) is 3.46. The van der Waals surface area contributed by atoms with Crippen LogP contribution in [0.3, 0.4) is 0 Å². The number of aromatic hydroxyl groups is 1. The summed E-state index contributed by atoms with van der Waals surface area (Å²) in [5.41, 5.74) is 0.640. The van der Waals surface area contributed by atoms with Crippen LogP contribution < -0.4 is 10.6 Å². The van der Waals surface area contributed by atoms with Gasteiger partial charge < -0.3 is 15.7 Å². The normalized spacial score (nSPS) is 20.6. The van der Waals surface area contributed by atoms with Gasteiger partial charge in [-0.25, -0.2) is 0 Å². The fourth-order valence-electron chi connectivity index (χ4n) is 2.07.